The molecule has 9 heteroatoms. The maximum Gasteiger partial charge on any atom is 0.435 e. The van der Waals surface area contributed by atoms with Gasteiger partial charge in [0.25, 0.3) is 0 Å². The second-order valence-corrected chi connectivity index (χ2v) is 6.54. The number of alkyl halides is 3. The van der Waals surface area contributed by atoms with Gasteiger partial charge in [0, 0.05) is 20.0 Å². The number of piperidine rings is 1. The van der Waals surface area contributed by atoms with Crippen molar-refractivity contribution in [3.63, 3.8) is 0 Å². The average molecular weight is 384 g/mol. The van der Waals surface area contributed by atoms with Gasteiger partial charge in [-0.2, -0.15) is 18.0 Å². The number of amides is 1. The summed E-state index contributed by atoms with van der Waals surface area (Å²) in [4.78, 5) is 12.9. The highest BCUT2D eigenvalue weighted by Crippen LogP contribution is 2.32. The molecule has 1 aromatic heterocycles. The van der Waals surface area contributed by atoms with Crippen LogP contribution < -0.4 is 10.3 Å². The van der Waals surface area contributed by atoms with Crippen molar-refractivity contribution in [1.29, 1.82) is 0 Å². The number of halogens is 4. The number of carbonyl (C=O) groups excluding carboxylic acids is 1. The first-order chi connectivity index (χ1) is 12.8. The number of hydrogen-bond acceptors (Lipinski definition) is 3. The molecule has 0 spiro atoms. The molecule has 1 unspecified atom stereocenters. The smallest absolute Gasteiger partial charge is 0.344 e. The van der Waals surface area contributed by atoms with Crippen LogP contribution in [0.3, 0.4) is 0 Å². The van der Waals surface area contributed by atoms with Gasteiger partial charge >= 0.3 is 6.18 Å². The first-order valence-electron chi connectivity index (χ1n) is 8.70. The van der Waals surface area contributed by atoms with E-state index in [4.69, 9.17) is 0 Å². The van der Waals surface area contributed by atoms with Crippen LogP contribution in [0.15, 0.2) is 30.3 Å². The summed E-state index contributed by atoms with van der Waals surface area (Å²) in [6.45, 7) is 2.38. The van der Waals surface area contributed by atoms with Crippen LogP contribution >= 0.6 is 0 Å². The summed E-state index contributed by atoms with van der Waals surface area (Å²) in [5.41, 5.74) is -0.558. The lowest BCUT2D eigenvalue weighted by molar-refractivity contribution is -0.141. The van der Waals surface area contributed by atoms with E-state index in [0.717, 1.165) is 25.3 Å². The molecular formula is C18H20F4N4O. The molecule has 1 N–H and O–H groups in total. The number of carbonyl (C=O) groups is 1. The molecule has 0 bridgehead atoms. The summed E-state index contributed by atoms with van der Waals surface area (Å²) in [6, 6.07) is 5.40. The van der Waals surface area contributed by atoms with Gasteiger partial charge in [0.2, 0.25) is 5.91 Å². The largest absolute Gasteiger partial charge is 0.435 e. The summed E-state index contributed by atoms with van der Waals surface area (Å²) in [5.74, 6) is -0.979. The topological polar surface area (TPSA) is 50.2 Å². The Bertz CT molecular complexity index is 812. The van der Waals surface area contributed by atoms with Crippen LogP contribution in [-0.2, 0) is 11.0 Å². The van der Waals surface area contributed by atoms with Gasteiger partial charge in [-0.1, -0.05) is 12.1 Å². The maximum absolute atomic E-state index is 13.7. The third-order valence-electron chi connectivity index (χ3n) is 4.43. The number of rotatable bonds is 4. The van der Waals surface area contributed by atoms with Crippen LogP contribution in [0, 0.1) is 5.82 Å². The van der Waals surface area contributed by atoms with Crippen LogP contribution in [-0.4, -0.2) is 28.9 Å². The highest BCUT2D eigenvalue weighted by molar-refractivity contribution is 5.74. The van der Waals surface area contributed by atoms with E-state index in [1.165, 1.54) is 29.9 Å². The minimum atomic E-state index is -4.63. The van der Waals surface area contributed by atoms with Gasteiger partial charge in [0.15, 0.2) is 5.69 Å². The number of hydrogen-bond donors (Lipinski definition) is 1. The average Bonchev–Trinajstić information content (AvgIpc) is 3.06. The van der Waals surface area contributed by atoms with Crippen LogP contribution in [0.2, 0.25) is 0 Å². The molecule has 1 atom stereocenters. The van der Waals surface area contributed by atoms with Crippen LogP contribution in [0.25, 0.3) is 0 Å². The van der Waals surface area contributed by atoms with Crippen molar-refractivity contribution in [3.05, 3.63) is 53.1 Å². The summed E-state index contributed by atoms with van der Waals surface area (Å²) < 4.78 is 53.6. The molecule has 0 saturated carbocycles. The SMILES string of the molecule is CC(=O)NC(c1cccc(F)c1)c1cc(C(F)(F)F)nn1N1CCCCC1. The van der Waals surface area contributed by atoms with Crippen molar-refractivity contribution in [2.24, 2.45) is 0 Å². The molecule has 146 valence electrons. The summed E-state index contributed by atoms with van der Waals surface area (Å²) in [5, 5.41) is 8.10. The first-order valence-corrected chi connectivity index (χ1v) is 8.70. The fraction of sp³-hybridized carbons (Fsp3) is 0.444. The van der Waals surface area contributed by atoms with Gasteiger partial charge in [-0.05, 0) is 43.0 Å². The van der Waals surface area contributed by atoms with Crippen molar-refractivity contribution in [1.82, 2.24) is 15.2 Å². The zero-order chi connectivity index (χ0) is 19.6. The van der Waals surface area contributed by atoms with Gasteiger partial charge in [0.05, 0.1) is 11.7 Å². The lowest BCUT2D eigenvalue weighted by atomic mass is 10.0. The second-order valence-electron chi connectivity index (χ2n) is 6.54. The molecule has 2 heterocycles. The second kappa shape index (κ2) is 7.58. The highest BCUT2D eigenvalue weighted by Gasteiger charge is 2.37. The van der Waals surface area contributed by atoms with Gasteiger partial charge in [0.1, 0.15) is 5.82 Å². The van der Waals surface area contributed by atoms with E-state index in [1.807, 2.05) is 0 Å². The third kappa shape index (κ3) is 4.40. The van der Waals surface area contributed by atoms with E-state index in [1.54, 1.807) is 11.1 Å². The fourth-order valence-electron chi connectivity index (χ4n) is 3.23. The zero-order valence-electron chi connectivity index (χ0n) is 14.8. The number of nitrogens with one attached hydrogen (secondary N) is 1. The Morgan fingerprint density at radius 2 is 1.89 bits per heavy atom. The molecule has 27 heavy (non-hydrogen) atoms. The van der Waals surface area contributed by atoms with Crippen LogP contribution in [0.5, 0.6) is 0 Å². The Morgan fingerprint density at radius 1 is 1.19 bits per heavy atom. The Balaban J connectivity index is 2.11. The van der Waals surface area contributed by atoms with Gasteiger partial charge < -0.3 is 5.32 Å². The summed E-state index contributed by atoms with van der Waals surface area (Å²) >= 11 is 0. The third-order valence-corrected chi connectivity index (χ3v) is 4.43. The Hall–Kier alpha value is -2.58. The minimum absolute atomic E-state index is 0.144. The van der Waals surface area contributed by atoms with E-state index < -0.39 is 29.6 Å². The number of nitrogens with zero attached hydrogens (tertiary/aromatic N) is 3. The monoisotopic (exact) mass is 384 g/mol. The van der Waals surface area contributed by atoms with Crippen molar-refractivity contribution < 1.29 is 22.4 Å². The zero-order valence-corrected chi connectivity index (χ0v) is 14.8. The molecular weight excluding hydrogens is 364 g/mol. The lowest BCUT2D eigenvalue weighted by Crippen LogP contribution is -2.43. The lowest BCUT2D eigenvalue weighted by Gasteiger charge is -2.31. The number of benzene rings is 1. The highest BCUT2D eigenvalue weighted by atomic mass is 19.4. The normalized spacial score (nSPS) is 16.3. The molecule has 3 rings (SSSR count). The molecule has 0 aliphatic carbocycles. The first kappa shape index (κ1) is 19.2. The molecule has 0 radical (unpaired) electrons. The van der Waals surface area contributed by atoms with E-state index in [0.29, 0.717) is 18.7 Å². The van der Waals surface area contributed by atoms with Gasteiger partial charge in [-0.25, -0.2) is 4.39 Å². The van der Waals surface area contributed by atoms with E-state index >= 15 is 0 Å². The predicted molar refractivity (Wildman–Crippen MR) is 91.1 cm³/mol. The standard InChI is InChI=1S/C18H20F4N4O/c1-12(27)23-17(13-6-5-7-14(19)10-13)15-11-16(18(20,21)22)24-26(15)25-8-3-2-4-9-25/h5-7,10-11,17H,2-4,8-9H2,1H3,(H,23,27). The van der Waals surface area contributed by atoms with Gasteiger partial charge in [-0.3, -0.25) is 9.80 Å². The molecule has 5 nitrogen and oxygen atoms in total. The Labute approximate surface area is 153 Å². The number of aromatic nitrogens is 2. The maximum atomic E-state index is 13.7. The quantitative estimate of drug-likeness (QED) is 0.823. The summed E-state index contributed by atoms with van der Waals surface area (Å²) in [7, 11) is 0. The van der Waals surface area contributed by atoms with Crippen molar-refractivity contribution in [2.45, 2.75) is 38.4 Å². The van der Waals surface area contributed by atoms with Crippen LogP contribution in [0.1, 0.15) is 49.2 Å². The van der Waals surface area contributed by atoms with E-state index in [2.05, 4.69) is 10.4 Å². The molecule has 1 saturated heterocycles. The van der Waals surface area contributed by atoms with Crippen molar-refractivity contribution >= 4 is 5.91 Å². The Kier molecular flexibility index (Phi) is 5.38. The molecule has 1 amide bonds. The van der Waals surface area contributed by atoms with Crippen molar-refractivity contribution in [2.75, 3.05) is 18.1 Å². The van der Waals surface area contributed by atoms with Crippen molar-refractivity contribution in [3.8, 4) is 0 Å². The minimum Gasteiger partial charge on any atom is -0.344 e. The Morgan fingerprint density at radius 3 is 2.48 bits per heavy atom. The molecule has 1 aromatic carbocycles. The fourth-order valence-corrected chi connectivity index (χ4v) is 3.23. The molecule has 1 aliphatic rings. The molecule has 2 aromatic rings. The van der Waals surface area contributed by atoms with Crippen LogP contribution in [0.4, 0.5) is 17.6 Å². The van der Waals surface area contributed by atoms with Gasteiger partial charge in [-0.15, -0.1) is 5.10 Å². The predicted octanol–water partition coefficient (Wildman–Crippen LogP) is 3.39. The molecule has 1 fully saturated rings. The van der Waals surface area contributed by atoms with E-state index in [-0.39, 0.29) is 5.69 Å². The summed E-state index contributed by atoms with van der Waals surface area (Å²) in [6.07, 6.45) is -1.95. The van der Waals surface area contributed by atoms with E-state index in [9.17, 15) is 22.4 Å². The molecule has 1 aliphatic heterocycles.